The molecule has 0 amide bonds. The van der Waals surface area contributed by atoms with Gasteiger partial charge < -0.3 is 15.0 Å². The molecule has 108 valence electrons. The summed E-state index contributed by atoms with van der Waals surface area (Å²) >= 11 is 0. The largest absolute Gasteiger partial charge is 0.494 e. The first kappa shape index (κ1) is 14.5. The highest BCUT2D eigenvalue weighted by atomic mass is 16.5. The quantitative estimate of drug-likeness (QED) is 0.840. The molecule has 0 aliphatic carbocycles. The first-order valence-corrected chi connectivity index (χ1v) is 7.01. The van der Waals surface area contributed by atoms with Gasteiger partial charge in [-0.2, -0.15) is 4.98 Å². The van der Waals surface area contributed by atoms with Crippen LogP contribution in [-0.2, 0) is 0 Å². The maximum atomic E-state index is 5.52. The fourth-order valence-electron chi connectivity index (χ4n) is 1.99. The van der Waals surface area contributed by atoms with Crippen LogP contribution in [0, 0.1) is 0 Å². The summed E-state index contributed by atoms with van der Waals surface area (Å²) in [5, 5.41) is 4.04. The third kappa shape index (κ3) is 3.57. The van der Waals surface area contributed by atoms with Gasteiger partial charge >= 0.3 is 0 Å². The molecule has 1 aromatic carbocycles. The lowest BCUT2D eigenvalue weighted by atomic mass is 10.1. The Labute approximate surface area is 119 Å². The number of rotatable bonds is 7. The molecule has 5 heteroatoms. The van der Waals surface area contributed by atoms with E-state index in [4.69, 9.17) is 15.0 Å². The molecule has 0 saturated heterocycles. The third-order valence-electron chi connectivity index (χ3n) is 3.11. The van der Waals surface area contributed by atoms with Crippen molar-refractivity contribution in [1.29, 1.82) is 0 Å². The number of ether oxygens (including phenoxy) is 1. The zero-order chi connectivity index (χ0) is 14.4. The average Bonchev–Trinajstić information content (AvgIpc) is 2.95. The van der Waals surface area contributed by atoms with Crippen LogP contribution in [0.1, 0.15) is 38.5 Å². The normalized spacial score (nSPS) is 12.3. The number of aromatic nitrogens is 2. The van der Waals surface area contributed by atoms with Crippen molar-refractivity contribution >= 4 is 0 Å². The number of hydrogen-bond donors (Lipinski definition) is 1. The Morgan fingerprint density at radius 3 is 3.00 bits per heavy atom. The van der Waals surface area contributed by atoms with E-state index in [2.05, 4.69) is 17.1 Å². The minimum absolute atomic E-state index is 0.231. The van der Waals surface area contributed by atoms with Crippen LogP contribution >= 0.6 is 0 Å². The van der Waals surface area contributed by atoms with Gasteiger partial charge in [-0.25, -0.2) is 0 Å². The van der Waals surface area contributed by atoms with Gasteiger partial charge in [0.05, 0.1) is 6.61 Å². The average molecular weight is 275 g/mol. The highest BCUT2D eigenvalue weighted by molar-refractivity contribution is 5.56. The van der Waals surface area contributed by atoms with E-state index in [1.54, 1.807) is 0 Å². The molecule has 0 aliphatic heterocycles. The predicted molar refractivity (Wildman–Crippen MR) is 77.6 cm³/mol. The molecule has 1 aromatic heterocycles. The lowest BCUT2D eigenvalue weighted by Gasteiger charge is -2.04. The van der Waals surface area contributed by atoms with Gasteiger partial charge in [0.15, 0.2) is 0 Å². The molecule has 2 N–H and O–H groups in total. The molecule has 1 atom stereocenters. The zero-order valence-electron chi connectivity index (χ0n) is 12.0. The summed E-state index contributed by atoms with van der Waals surface area (Å²) in [4.78, 5) is 4.46. The summed E-state index contributed by atoms with van der Waals surface area (Å²) < 4.78 is 10.8. The predicted octanol–water partition coefficient (Wildman–Crippen LogP) is 2.98. The molecule has 0 bridgehead atoms. The van der Waals surface area contributed by atoms with E-state index in [1.807, 2.05) is 31.2 Å². The molecular weight excluding hydrogens is 254 g/mol. The number of hydrogen-bond acceptors (Lipinski definition) is 5. The van der Waals surface area contributed by atoms with E-state index in [-0.39, 0.29) is 5.92 Å². The van der Waals surface area contributed by atoms with Crippen LogP contribution in [0.4, 0.5) is 0 Å². The summed E-state index contributed by atoms with van der Waals surface area (Å²) in [5.41, 5.74) is 6.42. The minimum Gasteiger partial charge on any atom is -0.494 e. The van der Waals surface area contributed by atoms with Crippen LogP contribution in [-0.4, -0.2) is 23.3 Å². The molecule has 1 unspecified atom stereocenters. The monoisotopic (exact) mass is 275 g/mol. The van der Waals surface area contributed by atoms with Crippen LogP contribution in [0.5, 0.6) is 5.75 Å². The van der Waals surface area contributed by atoms with Gasteiger partial charge in [0.2, 0.25) is 11.7 Å². The van der Waals surface area contributed by atoms with Gasteiger partial charge in [0, 0.05) is 11.5 Å². The summed E-state index contributed by atoms with van der Waals surface area (Å²) in [6.45, 7) is 5.35. The second-order valence-electron chi connectivity index (χ2n) is 4.75. The zero-order valence-corrected chi connectivity index (χ0v) is 12.0. The van der Waals surface area contributed by atoms with Crippen molar-refractivity contribution in [3.05, 3.63) is 30.2 Å². The number of benzene rings is 1. The number of nitrogens with two attached hydrogens (primary N) is 1. The van der Waals surface area contributed by atoms with E-state index >= 15 is 0 Å². The first-order valence-electron chi connectivity index (χ1n) is 7.01. The van der Waals surface area contributed by atoms with E-state index in [9.17, 15) is 0 Å². The van der Waals surface area contributed by atoms with Crippen molar-refractivity contribution in [2.24, 2.45) is 5.73 Å². The van der Waals surface area contributed by atoms with Crippen LogP contribution in [0.15, 0.2) is 28.8 Å². The third-order valence-corrected chi connectivity index (χ3v) is 3.11. The van der Waals surface area contributed by atoms with Gasteiger partial charge in [-0.05, 0) is 38.4 Å². The summed E-state index contributed by atoms with van der Waals surface area (Å²) in [6, 6.07) is 7.70. The molecule has 0 spiro atoms. The van der Waals surface area contributed by atoms with Crippen molar-refractivity contribution < 1.29 is 9.26 Å². The Morgan fingerprint density at radius 1 is 1.40 bits per heavy atom. The van der Waals surface area contributed by atoms with Crippen LogP contribution in [0.25, 0.3) is 11.4 Å². The van der Waals surface area contributed by atoms with Crippen LogP contribution in [0.2, 0.25) is 0 Å². The molecule has 0 radical (unpaired) electrons. The second kappa shape index (κ2) is 7.05. The first-order chi connectivity index (χ1) is 9.74. The standard InChI is InChI=1S/C15H21N3O2/c1-3-19-13-8-4-7-12(10-13)14-17-15(20-18-14)11(2)6-5-9-16/h4,7-8,10-11H,3,5-6,9,16H2,1-2H3. The Balaban J connectivity index is 2.13. The molecule has 20 heavy (non-hydrogen) atoms. The van der Waals surface area contributed by atoms with E-state index in [1.165, 1.54) is 0 Å². The molecule has 2 rings (SSSR count). The maximum Gasteiger partial charge on any atom is 0.229 e. The summed E-state index contributed by atoms with van der Waals surface area (Å²) in [7, 11) is 0. The molecule has 2 aromatic rings. The summed E-state index contributed by atoms with van der Waals surface area (Å²) in [5.74, 6) is 2.30. The van der Waals surface area contributed by atoms with E-state index in [0.29, 0.717) is 24.9 Å². The SMILES string of the molecule is CCOc1cccc(-c2noc(C(C)CCCN)n2)c1. The van der Waals surface area contributed by atoms with Gasteiger partial charge in [-0.3, -0.25) is 0 Å². The minimum atomic E-state index is 0.231. The highest BCUT2D eigenvalue weighted by Crippen LogP contribution is 2.24. The Kier molecular flexibility index (Phi) is 5.12. The van der Waals surface area contributed by atoms with Crippen molar-refractivity contribution in [3.63, 3.8) is 0 Å². The molecule has 5 nitrogen and oxygen atoms in total. The van der Waals surface area contributed by atoms with E-state index in [0.717, 1.165) is 24.2 Å². The van der Waals surface area contributed by atoms with Crippen molar-refractivity contribution in [2.45, 2.75) is 32.6 Å². The Hall–Kier alpha value is -1.88. The molecule has 0 aliphatic rings. The van der Waals surface area contributed by atoms with Gasteiger partial charge in [-0.1, -0.05) is 24.2 Å². The Bertz CT molecular complexity index is 539. The maximum absolute atomic E-state index is 5.52. The Morgan fingerprint density at radius 2 is 2.25 bits per heavy atom. The highest BCUT2D eigenvalue weighted by Gasteiger charge is 2.15. The lowest BCUT2D eigenvalue weighted by Crippen LogP contribution is -2.02. The molecule has 1 heterocycles. The molecule has 0 saturated carbocycles. The van der Waals surface area contributed by atoms with Crippen LogP contribution < -0.4 is 10.5 Å². The van der Waals surface area contributed by atoms with Crippen molar-refractivity contribution in [3.8, 4) is 17.1 Å². The summed E-state index contributed by atoms with van der Waals surface area (Å²) in [6.07, 6.45) is 1.91. The molecular formula is C15H21N3O2. The fraction of sp³-hybridized carbons (Fsp3) is 0.467. The van der Waals surface area contributed by atoms with Crippen molar-refractivity contribution in [1.82, 2.24) is 10.1 Å². The van der Waals surface area contributed by atoms with Gasteiger partial charge in [-0.15, -0.1) is 0 Å². The van der Waals surface area contributed by atoms with Gasteiger partial charge in [0.1, 0.15) is 5.75 Å². The smallest absolute Gasteiger partial charge is 0.229 e. The van der Waals surface area contributed by atoms with Crippen LogP contribution in [0.3, 0.4) is 0 Å². The molecule has 0 fully saturated rings. The number of nitrogens with zero attached hydrogens (tertiary/aromatic N) is 2. The van der Waals surface area contributed by atoms with Gasteiger partial charge in [0.25, 0.3) is 0 Å². The van der Waals surface area contributed by atoms with Crippen molar-refractivity contribution in [2.75, 3.05) is 13.2 Å². The topological polar surface area (TPSA) is 74.2 Å². The fourth-order valence-corrected chi connectivity index (χ4v) is 1.99. The second-order valence-corrected chi connectivity index (χ2v) is 4.75. The lowest BCUT2D eigenvalue weighted by molar-refractivity contribution is 0.340. The van der Waals surface area contributed by atoms with E-state index < -0.39 is 0 Å².